The fourth-order valence-corrected chi connectivity index (χ4v) is 2.53. The van der Waals surface area contributed by atoms with Gasteiger partial charge in [-0.3, -0.25) is 0 Å². The van der Waals surface area contributed by atoms with Crippen LogP contribution in [-0.4, -0.2) is 36.6 Å². The third kappa shape index (κ3) is 3.29. The van der Waals surface area contributed by atoms with Crippen LogP contribution in [0.25, 0.3) is 0 Å². The van der Waals surface area contributed by atoms with Crippen LogP contribution in [0, 0.1) is 0 Å². The van der Waals surface area contributed by atoms with Crippen LogP contribution in [-0.2, 0) is 0 Å². The molecule has 2 aromatic rings. The normalized spacial score (nSPS) is 11.6. The number of ether oxygens (including phenoxy) is 3. The van der Waals surface area contributed by atoms with Gasteiger partial charge in [-0.1, -0.05) is 17.4 Å². The number of methoxy groups -OCH3 is 3. The molecule has 0 fully saturated rings. The first-order valence-corrected chi connectivity index (χ1v) is 7.15. The predicted octanol–water partition coefficient (Wildman–Crippen LogP) is 2.53. The van der Waals surface area contributed by atoms with Gasteiger partial charge in [0.25, 0.3) is 0 Å². The van der Waals surface area contributed by atoms with Crippen LogP contribution in [0.15, 0.2) is 24.8 Å². The molecule has 0 bridgehead atoms. The Morgan fingerprint density at radius 3 is 2.32 bits per heavy atom. The fourth-order valence-electron chi connectivity index (χ4n) is 1.78. The lowest BCUT2D eigenvalue weighted by molar-refractivity contribution is 0.227. The minimum Gasteiger partial charge on any atom is -0.493 e. The average molecular weight is 323 g/mol. The molecular weight excluding hydrogens is 306 g/mol. The van der Waals surface area contributed by atoms with Gasteiger partial charge in [-0.25, -0.2) is 0 Å². The van der Waals surface area contributed by atoms with Crippen LogP contribution in [0.5, 0.6) is 17.2 Å². The van der Waals surface area contributed by atoms with Crippen molar-refractivity contribution in [3.8, 4) is 17.2 Å². The Morgan fingerprint density at radius 2 is 1.82 bits per heavy atom. The highest BCUT2D eigenvalue weighted by Crippen LogP contribution is 2.40. The highest BCUT2D eigenvalue weighted by atomic mass is 32.1. The van der Waals surface area contributed by atoms with Gasteiger partial charge < -0.3 is 24.6 Å². The standard InChI is InChI=1S/C14H17N3O4S/c1-5-9(18)13-16-17-14(22-13)15-8-6-10(19-2)12(21-4)11(7-8)20-3/h5-7,9,18H,1H2,2-4H3,(H,15,17). The van der Waals surface area contributed by atoms with Gasteiger partial charge >= 0.3 is 0 Å². The van der Waals surface area contributed by atoms with Gasteiger partial charge in [-0.15, -0.1) is 16.8 Å². The third-order valence-corrected chi connectivity index (χ3v) is 3.74. The molecule has 0 spiro atoms. The summed E-state index contributed by atoms with van der Waals surface area (Å²) >= 11 is 1.23. The minimum absolute atomic E-state index is 0.463. The minimum atomic E-state index is -0.826. The number of hydrogen-bond donors (Lipinski definition) is 2. The van der Waals surface area contributed by atoms with Gasteiger partial charge in [0, 0.05) is 17.8 Å². The summed E-state index contributed by atoms with van der Waals surface area (Å²) in [5, 5.41) is 21.6. The van der Waals surface area contributed by atoms with Crippen molar-refractivity contribution in [1.29, 1.82) is 0 Å². The summed E-state index contributed by atoms with van der Waals surface area (Å²) in [6.07, 6.45) is 0.567. The quantitative estimate of drug-likeness (QED) is 0.757. The van der Waals surface area contributed by atoms with E-state index in [1.54, 1.807) is 33.5 Å². The molecule has 118 valence electrons. The zero-order chi connectivity index (χ0) is 16.1. The smallest absolute Gasteiger partial charge is 0.210 e. The maximum atomic E-state index is 9.65. The molecule has 7 nitrogen and oxygen atoms in total. The molecular formula is C14H17N3O4S. The van der Waals surface area contributed by atoms with E-state index in [4.69, 9.17) is 14.2 Å². The third-order valence-electron chi connectivity index (χ3n) is 2.83. The van der Waals surface area contributed by atoms with Crippen molar-refractivity contribution >= 4 is 22.2 Å². The summed E-state index contributed by atoms with van der Waals surface area (Å²) in [5.74, 6) is 1.57. The molecule has 2 rings (SSSR count). The van der Waals surface area contributed by atoms with Crippen LogP contribution in [0.3, 0.4) is 0 Å². The Kier molecular flexibility index (Phi) is 5.18. The monoisotopic (exact) mass is 323 g/mol. The van der Waals surface area contributed by atoms with Crippen molar-refractivity contribution in [2.75, 3.05) is 26.6 Å². The molecule has 0 aliphatic heterocycles. The zero-order valence-corrected chi connectivity index (χ0v) is 13.3. The number of nitrogens with zero attached hydrogens (tertiary/aromatic N) is 2. The topological polar surface area (TPSA) is 85.7 Å². The molecule has 0 amide bonds. The molecule has 0 aliphatic carbocycles. The molecule has 22 heavy (non-hydrogen) atoms. The van der Waals surface area contributed by atoms with Gasteiger partial charge in [0.2, 0.25) is 10.9 Å². The van der Waals surface area contributed by atoms with E-state index in [9.17, 15) is 5.11 Å². The van der Waals surface area contributed by atoms with E-state index >= 15 is 0 Å². The maximum Gasteiger partial charge on any atom is 0.210 e. The van der Waals surface area contributed by atoms with E-state index in [1.165, 1.54) is 17.4 Å². The Hall–Kier alpha value is -2.32. The number of anilines is 2. The number of hydrogen-bond acceptors (Lipinski definition) is 8. The summed E-state index contributed by atoms with van der Waals surface area (Å²) < 4.78 is 15.8. The highest BCUT2D eigenvalue weighted by Gasteiger charge is 2.15. The number of aromatic nitrogens is 2. The maximum absolute atomic E-state index is 9.65. The second kappa shape index (κ2) is 7.10. The molecule has 0 radical (unpaired) electrons. The van der Waals surface area contributed by atoms with Crippen molar-refractivity contribution in [2.24, 2.45) is 0 Å². The molecule has 2 N–H and O–H groups in total. The van der Waals surface area contributed by atoms with Crippen molar-refractivity contribution in [2.45, 2.75) is 6.10 Å². The molecule has 0 saturated heterocycles. The number of aliphatic hydroxyl groups excluding tert-OH is 1. The molecule has 1 unspecified atom stereocenters. The van der Waals surface area contributed by atoms with Crippen LogP contribution < -0.4 is 19.5 Å². The van der Waals surface area contributed by atoms with Crippen molar-refractivity contribution < 1.29 is 19.3 Å². The molecule has 0 aliphatic rings. The lowest BCUT2D eigenvalue weighted by Gasteiger charge is -2.14. The fraction of sp³-hybridized carbons (Fsp3) is 0.286. The van der Waals surface area contributed by atoms with Crippen molar-refractivity contribution in [3.63, 3.8) is 0 Å². The lowest BCUT2D eigenvalue weighted by Crippen LogP contribution is -1.97. The van der Waals surface area contributed by atoms with Crippen molar-refractivity contribution in [1.82, 2.24) is 10.2 Å². The summed E-state index contributed by atoms with van der Waals surface area (Å²) in [6, 6.07) is 3.51. The number of rotatable bonds is 7. The Balaban J connectivity index is 2.29. The second-order valence-corrected chi connectivity index (χ2v) is 5.17. The van der Waals surface area contributed by atoms with Gasteiger partial charge in [0.1, 0.15) is 6.10 Å². The molecule has 1 aromatic heterocycles. The van der Waals surface area contributed by atoms with E-state index < -0.39 is 6.10 Å². The van der Waals surface area contributed by atoms with Gasteiger partial charge in [-0.05, 0) is 0 Å². The van der Waals surface area contributed by atoms with Crippen LogP contribution in [0.2, 0.25) is 0 Å². The lowest BCUT2D eigenvalue weighted by atomic mass is 10.2. The van der Waals surface area contributed by atoms with Gasteiger partial charge in [0.15, 0.2) is 16.5 Å². The predicted molar refractivity (Wildman–Crippen MR) is 84.4 cm³/mol. The molecule has 0 saturated carbocycles. The number of aliphatic hydroxyl groups is 1. The van der Waals surface area contributed by atoms with Gasteiger partial charge in [0.05, 0.1) is 21.3 Å². The Bertz CT molecular complexity index is 634. The summed E-state index contributed by atoms with van der Waals surface area (Å²) in [5.41, 5.74) is 0.699. The Labute approximate surface area is 132 Å². The first-order valence-electron chi connectivity index (χ1n) is 6.34. The van der Waals surface area contributed by atoms with Gasteiger partial charge in [-0.2, -0.15) is 0 Å². The van der Waals surface area contributed by atoms with Crippen molar-refractivity contribution in [3.05, 3.63) is 29.8 Å². The number of benzene rings is 1. The van der Waals surface area contributed by atoms with E-state index in [1.807, 2.05) is 0 Å². The molecule has 1 atom stereocenters. The largest absolute Gasteiger partial charge is 0.493 e. The highest BCUT2D eigenvalue weighted by molar-refractivity contribution is 7.15. The van der Waals surface area contributed by atoms with E-state index in [2.05, 4.69) is 22.1 Å². The average Bonchev–Trinajstić information content (AvgIpc) is 3.01. The molecule has 1 heterocycles. The Morgan fingerprint density at radius 1 is 1.18 bits per heavy atom. The van der Waals surface area contributed by atoms with Crippen LogP contribution in [0.4, 0.5) is 10.8 Å². The summed E-state index contributed by atoms with van der Waals surface area (Å²) in [4.78, 5) is 0. The first-order chi connectivity index (χ1) is 10.6. The summed E-state index contributed by atoms with van der Waals surface area (Å²) in [6.45, 7) is 3.52. The van der Waals surface area contributed by atoms with Crippen LogP contribution >= 0.6 is 11.3 Å². The summed E-state index contributed by atoms with van der Waals surface area (Å²) in [7, 11) is 4.64. The van der Waals surface area contributed by atoms with Crippen LogP contribution in [0.1, 0.15) is 11.1 Å². The van der Waals surface area contributed by atoms with E-state index in [0.717, 1.165) is 0 Å². The zero-order valence-electron chi connectivity index (χ0n) is 12.5. The second-order valence-electron chi connectivity index (χ2n) is 4.17. The first kappa shape index (κ1) is 16.1. The molecule has 1 aromatic carbocycles. The number of nitrogens with one attached hydrogen (secondary N) is 1. The van der Waals surface area contributed by atoms with E-state index in [0.29, 0.717) is 33.1 Å². The molecule has 8 heteroatoms. The SMILES string of the molecule is C=CC(O)c1nnc(Nc2cc(OC)c(OC)c(OC)c2)s1. The van der Waals surface area contributed by atoms with E-state index in [-0.39, 0.29) is 0 Å².